The Kier molecular flexibility index (Phi) is 3.65. The smallest absolute Gasteiger partial charge is 0.319 e. The summed E-state index contributed by atoms with van der Waals surface area (Å²) >= 11 is 0. The number of aryl methyl sites for hydroxylation is 1. The lowest BCUT2D eigenvalue weighted by Gasteiger charge is -2.23. The van der Waals surface area contributed by atoms with Gasteiger partial charge in [0.05, 0.1) is 29.6 Å². The van der Waals surface area contributed by atoms with E-state index in [1.807, 2.05) is 48.3 Å². The summed E-state index contributed by atoms with van der Waals surface area (Å²) in [5.41, 5.74) is 3.93. The highest BCUT2D eigenvalue weighted by molar-refractivity contribution is 5.92. The molecule has 2 N–H and O–H groups in total. The molecule has 1 aromatic carbocycles. The number of carbonyl (C=O) groups is 1. The summed E-state index contributed by atoms with van der Waals surface area (Å²) in [4.78, 5) is 16.7. The summed E-state index contributed by atoms with van der Waals surface area (Å²) in [7, 11) is 1.95. The first-order chi connectivity index (χ1) is 11.7. The number of pyridine rings is 1. The molecule has 0 unspecified atom stereocenters. The molecule has 1 aliphatic rings. The minimum Gasteiger partial charge on any atom is -0.331 e. The second-order valence-electron chi connectivity index (χ2n) is 6.13. The van der Waals surface area contributed by atoms with E-state index in [1.165, 1.54) is 5.69 Å². The van der Waals surface area contributed by atoms with Crippen LogP contribution in [0.4, 0.5) is 10.5 Å². The van der Waals surface area contributed by atoms with E-state index in [0.717, 1.165) is 35.7 Å². The molecule has 0 saturated carbocycles. The van der Waals surface area contributed by atoms with Crippen molar-refractivity contribution in [1.29, 1.82) is 0 Å². The van der Waals surface area contributed by atoms with Gasteiger partial charge in [0.25, 0.3) is 0 Å². The summed E-state index contributed by atoms with van der Waals surface area (Å²) in [6.07, 6.45) is 6.53. The molecule has 0 bridgehead atoms. The Balaban J connectivity index is 1.48. The van der Waals surface area contributed by atoms with Gasteiger partial charge in [-0.1, -0.05) is 18.2 Å². The number of hydrogen-bond donors (Lipinski definition) is 2. The van der Waals surface area contributed by atoms with Crippen LogP contribution in [0, 0.1) is 0 Å². The van der Waals surface area contributed by atoms with E-state index in [9.17, 15) is 4.79 Å². The highest BCUT2D eigenvalue weighted by atomic mass is 16.2. The maximum atomic E-state index is 12.4. The predicted octanol–water partition coefficient (Wildman–Crippen LogP) is 3.17. The van der Waals surface area contributed by atoms with Crippen molar-refractivity contribution in [2.24, 2.45) is 7.05 Å². The van der Waals surface area contributed by atoms with Crippen LogP contribution in [0.5, 0.6) is 0 Å². The Morgan fingerprint density at radius 2 is 2.17 bits per heavy atom. The number of amides is 2. The van der Waals surface area contributed by atoms with Crippen LogP contribution in [0.15, 0.2) is 42.7 Å². The van der Waals surface area contributed by atoms with Crippen molar-refractivity contribution in [2.45, 2.75) is 25.3 Å². The fraction of sp³-hybridized carbons (Fsp3) is 0.278. The molecule has 2 heterocycles. The highest BCUT2D eigenvalue weighted by Gasteiger charge is 2.24. The van der Waals surface area contributed by atoms with E-state index >= 15 is 0 Å². The first-order valence-electron chi connectivity index (χ1n) is 8.14. The van der Waals surface area contributed by atoms with Crippen molar-refractivity contribution in [3.8, 4) is 0 Å². The van der Waals surface area contributed by atoms with Crippen molar-refractivity contribution in [3.63, 3.8) is 0 Å². The molecule has 4 rings (SSSR count). The molecule has 2 amide bonds. The third kappa shape index (κ3) is 2.71. The molecule has 6 nitrogen and oxygen atoms in total. The number of carbonyl (C=O) groups excluding carboxylic acids is 1. The maximum Gasteiger partial charge on any atom is 0.319 e. The minimum atomic E-state index is -0.214. The largest absolute Gasteiger partial charge is 0.331 e. The van der Waals surface area contributed by atoms with Crippen LogP contribution in [0.3, 0.4) is 0 Å². The number of nitrogens with one attached hydrogen (secondary N) is 2. The normalized spacial score (nSPS) is 16.6. The van der Waals surface area contributed by atoms with Gasteiger partial charge in [-0.2, -0.15) is 5.10 Å². The number of benzene rings is 1. The Morgan fingerprint density at radius 3 is 3.08 bits per heavy atom. The lowest BCUT2D eigenvalue weighted by atomic mass is 9.93. The van der Waals surface area contributed by atoms with Gasteiger partial charge in [0.1, 0.15) is 0 Å². The number of para-hydroxylation sites is 1. The average Bonchev–Trinajstić information content (AvgIpc) is 2.97. The fourth-order valence-corrected chi connectivity index (χ4v) is 3.32. The third-order valence-corrected chi connectivity index (χ3v) is 4.53. The lowest BCUT2D eigenvalue weighted by molar-refractivity contribution is 0.247. The summed E-state index contributed by atoms with van der Waals surface area (Å²) in [6.45, 7) is 0. The van der Waals surface area contributed by atoms with Gasteiger partial charge in [-0.25, -0.2) is 4.79 Å². The van der Waals surface area contributed by atoms with E-state index in [-0.39, 0.29) is 12.1 Å². The molecule has 3 aromatic rings. The monoisotopic (exact) mass is 321 g/mol. The number of fused-ring (bicyclic) bond motifs is 2. The predicted molar refractivity (Wildman–Crippen MR) is 92.8 cm³/mol. The van der Waals surface area contributed by atoms with E-state index in [1.54, 1.807) is 6.20 Å². The lowest BCUT2D eigenvalue weighted by Crippen LogP contribution is -2.34. The fourth-order valence-electron chi connectivity index (χ4n) is 3.32. The molecule has 6 heteroatoms. The van der Waals surface area contributed by atoms with Crippen molar-refractivity contribution >= 4 is 22.6 Å². The van der Waals surface area contributed by atoms with E-state index in [2.05, 4.69) is 20.7 Å². The van der Waals surface area contributed by atoms with Crippen LogP contribution >= 0.6 is 0 Å². The molecule has 1 aliphatic carbocycles. The molecule has 0 aliphatic heterocycles. The molecule has 0 saturated heterocycles. The number of nitrogens with zero attached hydrogens (tertiary/aromatic N) is 3. The van der Waals surface area contributed by atoms with Gasteiger partial charge in [-0.3, -0.25) is 9.67 Å². The van der Waals surface area contributed by atoms with Gasteiger partial charge < -0.3 is 10.6 Å². The van der Waals surface area contributed by atoms with Gasteiger partial charge in [0.2, 0.25) is 0 Å². The first kappa shape index (κ1) is 14.7. The zero-order valence-electron chi connectivity index (χ0n) is 13.5. The maximum absolute atomic E-state index is 12.4. The van der Waals surface area contributed by atoms with Gasteiger partial charge in [-0.15, -0.1) is 0 Å². The Labute approximate surface area is 139 Å². The third-order valence-electron chi connectivity index (χ3n) is 4.53. The van der Waals surface area contributed by atoms with E-state index in [0.29, 0.717) is 5.69 Å². The SMILES string of the molecule is Cn1ncc2c1CCC[C@H]2NC(=O)Nc1cnc2ccccc2c1. The van der Waals surface area contributed by atoms with Gasteiger partial charge in [0.15, 0.2) is 0 Å². The van der Waals surface area contributed by atoms with Crippen molar-refractivity contribution in [1.82, 2.24) is 20.1 Å². The quantitative estimate of drug-likeness (QED) is 0.761. The molecule has 122 valence electrons. The number of rotatable bonds is 2. The summed E-state index contributed by atoms with van der Waals surface area (Å²) in [5, 5.41) is 11.2. The Hall–Kier alpha value is -2.89. The Bertz CT molecular complexity index is 901. The van der Waals surface area contributed by atoms with Crippen molar-refractivity contribution < 1.29 is 4.79 Å². The zero-order chi connectivity index (χ0) is 16.5. The standard InChI is InChI=1S/C18H19N5O/c1-23-17-8-4-7-16(14(17)11-20-23)22-18(24)21-13-9-12-5-2-3-6-15(12)19-10-13/h2-3,5-6,9-11,16H,4,7-8H2,1H3,(H2,21,22,24)/t16-/m1/s1. The topological polar surface area (TPSA) is 71.8 Å². The second kappa shape index (κ2) is 5.96. The van der Waals surface area contributed by atoms with Gasteiger partial charge in [0, 0.05) is 23.7 Å². The number of anilines is 1. The average molecular weight is 321 g/mol. The minimum absolute atomic E-state index is 0.0101. The zero-order valence-corrected chi connectivity index (χ0v) is 13.5. The first-order valence-corrected chi connectivity index (χ1v) is 8.14. The van der Waals surface area contributed by atoms with Crippen LogP contribution in [-0.4, -0.2) is 20.8 Å². The molecule has 0 spiro atoms. The van der Waals surface area contributed by atoms with Crippen LogP contribution in [0.25, 0.3) is 10.9 Å². The molecular weight excluding hydrogens is 302 g/mol. The summed E-state index contributed by atoms with van der Waals surface area (Å²) < 4.78 is 1.90. The van der Waals surface area contributed by atoms with Crippen molar-refractivity contribution in [3.05, 3.63) is 54.0 Å². The summed E-state index contributed by atoms with van der Waals surface area (Å²) in [6, 6.07) is 9.56. The van der Waals surface area contributed by atoms with Crippen LogP contribution in [0.2, 0.25) is 0 Å². The van der Waals surface area contributed by atoms with Crippen molar-refractivity contribution in [2.75, 3.05) is 5.32 Å². The van der Waals surface area contributed by atoms with Crippen LogP contribution < -0.4 is 10.6 Å². The highest BCUT2D eigenvalue weighted by Crippen LogP contribution is 2.29. The summed E-state index contributed by atoms with van der Waals surface area (Å²) in [5.74, 6) is 0. The second-order valence-corrected chi connectivity index (χ2v) is 6.13. The van der Waals surface area contributed by atoms with Crippen LogP contribution in [-0.2, 0) is 13.5 Å². The molecule has 0 radical (unpaired) electrons. The number of urea groups is 1. The van der Waals surface area contributed by atoms with Gasteiger partial charge >= 0.3 is 6.03 Å². The van der Waals surface area contributed by atoms with Crippen LogP contribution in [0.1, 0.15) is 30.1 Å². The molecule has 1 atom stereocenters. The molecule has 24 heavy (non-hydrogen) atoms. The van der Waals surface area contributed by atoms with E-state index < -0.39 is 0 Å². The number of hydrogen-bond acceptors (Lipinski definition) is 3. The number of aromatic nitrogens is 3. The van der Waals surface area contributed by atoms with E-state index in [4.69, 9.17) is 0 Å². The Morgan fingerprint density at radius 1 is 1.29 bits per heavy atom. The van der Waals surface area contributed by atoms with Gasteiger partial charge in [-0.05, 0) is 31.4 Å². The molecule has 2 aromatic heterocycles. The molecule has 0 fully saturated rings. The molecular formula is C18H19N5O.